The molecule has 8 nitrogen and oxygen atoms in total. The highest BCUT2D eigenvalue weighted by Crippen LogP contribution is 2.19. The number of ketones is 1. The molecule has 0 spiro atoms. The van der Waals surface area contributed by atoms with Crippen LogP contribution in [-0.4, -0.2) is 63.4 Å². The molecule has 2 atom stereocenters. The van der Waals surface area contributed by atoms with Gasteiger partial charge in [-0.2, -0.15) is 0 Å². The average Bonchev–Trinajstić information content (AvgIpc) is 2.54. The molecule has 1 aromatic rings. The number of carbonyl (C=O) groups is 3. The smallest absolute Gasteiger partial charge is 0.258 e. The highest BCUT2D eigenvalue weighted by Gasteiger charge is 2.30. The second-order valence-electron chi connectivity index (χ2n) is 5.08. The molecule has 3 N–H and O–H groups in total. The predicted molar refractivity (Wildman–Crippen MR) is 81.7 cm³/mol. The highest BCUT2D eigenvalue weighted by atomic mass is 16.3. The molecule has 129 valence electrons. The van der Waals surface area contributed by atoms with E-state index >= 15 is 0 Å². The molecule has 0 aliphatic heterocycles. The summed E-state index contributed by atoms with van der Waals surface area (Å²) in [6.45, 7) is -0.128. The minimum atomic E-state index is -1.52. The maximum absolute atomic E-state index is 12.3. The molecular formula is C16H18NO7. The number of Topliss-reactive ketones (excluding diaryl/α,β-unsaturated/α-hetero) is 1. The van der Waals surface area contributed by atoms with Crippen molar-refractivity contribution in [1.82, 2.24) is 4.90 Å². The van der Waals surface area contributed by atoms with Crippen molar-refractivity contribution in [2.45, 2.75) is 25.4 Å². The third-order valence-corrected chi connectivity index (χ3v) is 3.23. The van der Waals surface area contributed by atoms with Crippen molar-refractivity contribution in [2.75, 3.05) is 13.2 Å². The number of hydrogen-bond donors (Lipinski definition) is 3. The van der Waals surface area contributed by atoms with Gasteiger partial charge in [-0.25, -0.2) is 0 Å². The van der Waals surface area contributed by atoms with Gasteiger partial charge in [-0.05, 0) is 24.6 Å². The number of aliphatic hydroxyl groups is 2. The summed E-state index contributed by atoms with van der Waals surface area (Å²) in [6, 6.07) is 5.25. The van der Waals surface area contributed by atoms with Crippen LogP contribution >= 0.6 is 0 Å². The summed E-state index contributed by atoms with van der Waals surface area (Å²) >= 11 is 0. The molecule has 2 amide bonds. The quantitative estimate of drug-likeness (QED) is 0.533. The van der Waals surface area contributed by atoms with Crippen molar-refractivity contribution in [3.05, 3.63) is 29.8 Å². The van der Waals surface area contributed by atoms with Gasteiger partial charge in [0.25, 0.3) is 5.91 Å². The molecule has 0 heterocycles. The number of nitrogens with zero attached hydrogens (tertiary/aromatic N) is 1. The van der Waals surface area contributed by atoms with Crippen LogP contribution in [0.1, 0.15) is 24.8 Å². The maximum Gasteiger partial charge on any atom is 0.258 e. The number of aliphatic hydroxyl groups excluding tert-OH is 2. The Bertz CT molecular complexity index is 609. The summed E-state index contributed by atoms with van der Waals surface area (Å²) in [4.78, 5) is 47.7. The zero-order valence-corrected chi connectivity index (χ0v) is 13.0. The lowest BCUT2D eigenvalue weighted by Gasteiger charge is -2.22. The van der Waals surface area contributed by atoms with E-state index in [4.69, 9.17) is 5.11 Å². The Kier molecular flexibility index (Phi) is 7.22. The van der Waals surface area contributed by atoms with Gasteiger partial charge in [-0.15, -0.1) is 0 Å². The van der Waals surface area contributed by atoms with Crippen LogP contribution in [0.2, 0.25) is 0 Å². The first-order valence-corrected chi connectivity index (χ1v) is 7.14. The van der Waals surface area contributed by atoms with E-state index in [9.17, 15) is 29.4 Å². The number of imide groups is 1. The summed E-state index contributed by atoms with van der Waals surface area (Å²) in [5.74, 6) is -4.03. The number of phenolic OH excluding ortho intramolecular Hbond substituents is 1. The van der Waals surface area contributed by atoms with Crippen molar-refractivity contribution in [3.63, 3.8) is 0 Å². The van der Waals surface area contributed by atoms with Crippen molar-refractivity contribution in [2.24, 2.45) is 0 Å². The highest BCUT2D eigenvalue weighted by molar-refractivity contribution is 6.06. The van der Waals surface area contributed by atoms with Gasteiger partial charge in [0, 0.05) is 0 Å². The lowest BCUT2D eigenvalue weighted by atomic mass is 9.95. The van der Waals surface area contributed by atoms with E-state index in [0.717, 1.165) is 6.92 Å². The van der Waals surface area contributed by atoms with E-state index in [2.05, 4.69) is 0 Å². The van der Waals surface area contributed by atoms with E-state index in [-0.39, 0.29) is 11.3 Å². The first-order chi connectivity index (χ1) is 11.3. The van der Waals surface area contributed by atoms with Gasteiger partial charge in [0.2, 0.25) is 12.2 Å². The predicted octanol–water partition coefficient (Wildman–Crippen LogP) is -0.727. The molecule has 0 saturated heterocycles. The Hall–Kier alpha value is -2.58. The minimum Gasteiger partial charge on any atom is -0.508 e. The molecule has 0 aliphatic rings. The van der Waals surface area contributed by atoms with Crippen molar-refractivity contribution in [3.8, 4) is 5.75 Å². The number of amides is 2. The van der Waals surface area contributed by atoms with E-state index < -0.39 is 49.2 Å². The topological polar surface area (TPSA) is 132 Å². The van der Waals surface area contributed by atoms with Gasteiger partial charge in [0.1, 0.15) is 17.8 Å². The van der Waals surface area contributed by atoms with Crippen LogP contribution in [-0.2, 0) is 19.2 Å². The number of rotatable bonds is 8. The standard InChI is InChI=1S/C16H18NO7/c1-10(20)16(24)17(15(23)6-7-18)8-14(22)13(9-19)11-2-4-12(21)5-3-11/h2-5,10,13,18,20-21H,6-8H2,1H3. The summed E-state index contributed by atoms with van der Waals surface area (Å²) in [5.41, 5.74) is 0.242. The van der Waals surface area contributed by atoms with Crippen molar-refractivity contribution in [1.29, 1.82) is 0 Å². The second-order valence-corrected chi connectivity index (χ2v) is 5.08. The van der Waals surface area contributed by atoms with Crippen LogP contribution in [0.3, 0.4) is 0 Å². The van der Waals surface area contributed by atoms with Crippen LogP contribution in [0.25, 0.3) is 0 Å². The van der Waals surface area contributed by atoms with E-state index in [0.29, 0.717) is 4.90 Å². The minimum absolute atomic E-state index is 0.0557. The second kappa shape index (κ2) is 8.90. The molecule has 1 radical (unpaired) electrons. The van der Waals surface area contributed by atoms with Crippen LogP contribution in [0.5, 0.6) is 5.75 Å². The number of benzene rings is 1. The summed E-state index contributed by atoms with van der Waals surface area (Å²) < 4.78 is 0. The van der Waals surface area contributed by atoms with Gasteiger partial charge in [-0.1, -0.05) is 12.1 Å². The first kappa shape index (κ1) is 19.5. The van der Waals surface area contributed by atoms with Crippen LogP contribution < -0.4 is 0 Å². The number of carbonyl (C=O) groups excluding carboxylic acids is 4. The molecule has 1 aromatic carbocycles. The van der Waals surface area contributed by atoms with Gasteiger partial charge >= 0.3 is 0 Å². The first-order valence-electron chi connectivity index (χ1n) is 7.14. The van der Waals surface area contributed by atoms with Gasteiger partial charge in [0.15, 0.2) is 5.78 Å². The van der Waals surface area contributed by atoms with E-state index in [1.807, 2.05) is 0 Å². The molecule has 0 aromatic heterocycles. The Morgan fingerprint density at radius 3 is 2.25 bits per heavy atom. The Morgan fingerprint density at radius 2 is 1.79 bits per heavy atom. The Labute approximate surface area is 138 Å². The van der Waals surface area contributed by atoms with E-state index in [1.54, 1.807) is 0 Å². The molecule has 0 fully saturated rings. The van der Waals surface area contributed by atoms with Crippen molar-refractivity contribution >= 4 is 23.9 Å². The monoisotopic (exact) mass is 336 g/mol. The Morgan fingerprint density at radius 1 is 1.21 bits per heavy atom. The molecule has 0 aliphatic carbocycles. The fourth-order valence-corrected chi connectivity index (χ4v) is 1.98. The fraction of sp³-hybridized carbons (Fsp3) is 0.375. The zero-order valence-electron chi connectivity index (χ0n) is 13.0. The summed E-state index contributed by atoms with van der Waals surface area (Å²) in [5, 5.41) is 27.4. The molecule has 1 rings (SSSR count). The normalized spacial score (nSPS) is 13.0. The Balaban J connectivity index is 3.00. The van der Waals surface area contributed by atoms with Crippen LogP contribution in [0.15, 0.2) is 24.3 Å². The molecular weight excluding hydrogens is 318 g/mol. The summed E-state index contributed by atoms with van der Waals surface area (Å²) in [7, 11) is 0. The fourth-order valence-electron chi connectivity index (χ4n) is 1.98. The molecule has 8 heteroatoms. The molecule has 2 unspecified atom stereocenters. The number of phenols is 1. The van der Waals surface area contributed by atoms with E-state index in [1.165, 1.54) is 30.6 Å². The lowest BCUT2D eigenvalue weighted by Crippen LogP contribution is -2.46. The zero-order chi connectivity index (χ0) is 18.3. The third-order valence-electron chi connectivity index (χ3n) is 3.23. The number of hydrogen-bond acceptors (Lipinski definition) is 7. The van der Waals surface area contributed by atoms with Crippen LogP contribution in [0, 0.1) is 0 Å². The number of aromatic hydroxyl groups is 1. The maximum atomic E-state index is 12.3. The average molecular weight is 336 g/mol. The SMILES string of the molecule is CC(O)C(=O)N(CC(=O)C([C]=O)c1ccc(O)cc1)C(=O)CCO. The summed E-state index contributed by atoms with van der Waals surface area (Å²) in [6.07, 6.45) is -0.383. The largest absolute Gasteiger partial charge is 0.508 e. The lowest BCUT2D eigenvalue weighted by molar-refractivity contribution is -0.152. The molecule has 0 saturated carbocycles. The van der Waals surface area contributed by atoms with Gasteiger partial charge in [0.05, 0.1) is 19.6 Å². The molecule has 24 heavy (non-hydrogen) atoms. The third kappa shape index (κ3) is 4.97. The molecule has 0 bridgehead atoms. The van der Waals surface area contributed by atoms with Crippen LogP contribution in [0.4, 0.5) is 0 Å². The van der Waals surface area contributed by atoms with Crippen molar-refractivity contribution < 1.29 is 34.5 Å². The van der Waals surface area contributed by atoms with Gasteiger partial charge in [-0.3, -0.25) is 24.1 Å². The van der Waals surface area contributed by atoms with Gasteiger partial charge < -0.3 is 15.3 Å².